The number of aromatic amines is 1. The number of pyridine rings is 1. The highest BCUT2D eigenvalue weighted by Gasteiger charge is 2.47. The Hall–Kier alpha value is -3.31. The first-order valence-electron chi connectivity index (χ1n) is 9.93. The van der Waals surface area contributed by atoms with Crippen molar-refractivity contribution in [3.8, 4) is 17.5 Å². The molecule has 30 heavy (non-hydrogen) atoms. The van der Waals surface area contributed by atoms with Gasteiger partial charge in [0.15, 0.2) is 6.19 Å². The highest BCUT2D eigenvalue weighted by molar-refractivity contribution is 7.99. The number of hydrogen-bond acceptors (Lipinski definition) is 6. The summed E-state index contributed by atoms with van der Waals surface area (Å²) in [5.74, 6) is 0.157. The third kappa shape index (κ3) is 3.42. The number of aromatic nitrogens is 3. The van der Waals surface area contributed by atoms with Crippen LogP contribution in [0.3, 0.4) is 0 Å². The van der Waals surface area contributed by atoms with Gasteiger partial charge in [-0.15, -0.1) is 0 Å². The van der Waals surface area contributed by atoms with Crippen molar-refractivity contribution >= 4 is 17.7 Å². The lowest BCUT2D eigenvalue weighted by Gasteiger charge is -2.21. The Morgan fingerprint density at radius 1 is 1.27 bits per heavy atom. The number of rotatable bonds is 5. The van der Waals surface area contributed by atoms with E-state index in [0.717, 1.165) is 34.7 Å². The van der Waals surface area contributed by atoms with E-state index < -0.39 is 0 Å². The van der Waals surface area contributed by atoms with Gasteiger partial charge in [0, 0.05) is 34.3 Å². The highest BCUT2D eigenvalue weighted by atomic mass is 32.2. The van der Waals surface area contributed by atoms with Crippen LogP contribution in [0.2, 0.25) is 0 Å². The monoisotopic (exact) mass is 416 g/mol. The lowest BCUT2D eigenvalue weighted by molar-refractivity contribution is 0.0924. The van der Waals surface area contributed by atoms with E-state index in [9.17, 15) is 10.1 Å². The molecular formula is C22H20N6OS. The maximum Gasteiger partial charge on any atom is 0.269 e. The fraction of sp³-hybridized carbons (Fsp3) is 0.273. The predicted molar refractivity (Wildman–Crippen MR) is 112 cm³/mol. The number of H-pyrrole nitrogens is 1. The van der Waals surface area contributed by atoms with Gasteiger partial charge < -0.3 is 10.2 Å². The highest BCUT2D eigenvalue weighted by Crippen LogP contribution is 2.38. The number of piperidine rings is 1. The smallest absolute Gasteiger partial charge is 0.269 e. The molecule has 2 bridgehead atoms. The van der Waals surface area contributed by atoms with Crippen LogP contribution in [-0.2, 0) is 0 Å². The van der Waals surface area contributed by atoms with Gasteiger partial charge in [0.25, 0.3) is 5.91 Å². The number of nitrogens with zero attached hydrogens (tertiary/aromatic N) is 4. The van der Waals surface area contributed by atoms with E-state index in [2.05, 4.69) is 38.8 Å². The van der Waals surface area contributed by atoms with Crippen molar-refractivity contribution in [2.75, 3.05) is 6.54 Å². The number of nitriles is 1. The Labute approximate surface area is 178 Å². The van der Waals surface area contributed by atoms with Crippen molar-refractivity contribution in [1.82, 2.24) is 25.4 Å². The minimum absolute atomic E-state index is 0.0199. The average Bonchev–Trinajstić information content (AvgIpc) is 3.50. The number of carbonyl (C=O) groups is 1. The van der Waals surface area contributed by atoms with E-state index >= 15 is 0 Å². The van der Waals surface area contributed by atoms with E-state index in [4.69, 9.17) is 0 Å². The molecule has 2 aliphatic rings. The largest absolute Gasteiger partial charge is 0.346 e. The molecule has 1 aromatic carbocycles. The molecule has 2 unspecified atom stereocenters. The number of carbonyl (C=O) groups excluding carboxylic acids is 1. The Morgan fingerprint density at radius 2 is 2.13 bits per heavy atom. The molecule has 1 saturated heterocycles. The minimum Gasteiger partial charge on any atom is -0.346 e. The third-order valence-corrected chi connectivity index (χ3v) is 6.95. The maximum atomic E-state index is 12.8. The standard InChI is InChI=1S/C22H20N6OS/c23-13-28-12-14-6-7-19(28)21(14)25-22(29)18-10-17(26-27-18)16-11-24-9-8-20(16)30-15-4-2-1-3-5-15/h1-5,8-11,14,19,21H,6-7,12H2,(H,25,29)(H,26,27)/t14?,19?,21-/m1/s1. The SMILES string of the molecule is N#CN1CC2CCC1[C@@H]2NC(=O)c1cc(-c2cnccc2Sc2ccccc2)n[nH]1. The van der Waals surface area contributed by atoms with E-state index in [1.165, 1.54) is 0 Å². The average molecular weight is 417 g/mol. The first kappa shape index (κ1) is 18.7. The number of likely N-dealkylation sites (tertiary alicyclic amines) is 1. The van der Waals surface area contributed by atoms with Crippen molar-refractivity contribution in [2.24, 2.45) is 5.92 Å². The molecule has 1 amide bonds. The zero-order chi connectivity index (χ0) is 20.5. The first-order valence-corrected chi connectivity index (χ1v) is 10.7. The molecule has 3 aromatic rings. The van der Waals surface area contributed by atoms with Crippen molar-refractivity contribution in [2.45, 2.75) is 34.7 Å². The maximum absolute atomic E-state index is 12.8. The molecule has 150 valence electrons. The van der Waals surface area contributed by atoms with Gasteiger partial charge in [-0.25, -0.2) is 0 Å². The fourth-order valence-corrected chi connectivity index (χ4v) is 5.36. The van der Waals surface area contributed by atoms with Crippen LogP contribution in [0.25, 0.3) is 11.3 Å². The fourth-order valence-electron chi connectivity index (χ4n) is 4.41. The summed E-state index contributed by atoms with van der Waals surface area (Å²) in [6.07, 6.45) is 7.77. The molecule has 1 aliphatic heterocycles. The molecule has 8 heteroatoms. The molecule has 0 radical (unpaired) electrons. The van der Waals surface area contributed by atoms with Crippen molar-refractivity contribution in [1.29, 1.82) is 5.26 Å². The topological polar surface area (TPSA) is 97.7 Å². The van der Waals surface area contributed by atoms with Crippen LogP contribution in [0.4, 0.5) is 0 Å². The molecule has 2 N–H and O–H groups in total. The number of nitrogens with one attached hydrogen (secondary N) is 2. The van der Waals surface area contributed by atoms with Crippen LogP contribution < -0.4 is 5.32 Å². The summed E-state index contributed by atoms with van der Waals surface area (Å²) in [4.78, 5) is 21.0. The quantitative estimate of drug-likeness (QED) is 0.620. The van der Waals surface area contributed by atoms with Crippen LogP contribution in [0.15, 0.2) is 64.6 Å². The van der Waals surface area contributed by atoms with Gasteiger partial charge in [0.1, 0.15) is 5.69 Å². The Morgan fingerprint density at radius 3 is 2.93 bits per heavy atom. The van der Waals surface area contributed by atoms with E-state index in [0.29, 0.717) is 17.3 Å². The molecule has 1 saturated carbocycles. The van der Waals surface area contributed by atoms with Crippen LogP contribution in [0.1, 0.15) is 23.3 Å². The van der Waals surface area contributed by atoms with E-state index in [-0.39, 0.29) is 18.0 Å². The Balaban J connectivity index is 1.34. The van der Waals surface area contributed by atoms with Crippen LogP contribution in [0.5, 0.6) is 0 Å². The van der Waals surface area contributed by atoms with Gasteiger partial charge >= 0.3 is 0 Å². The summed E-state index contributed by atoms with van der Waals surface area (Å²) in [5, 5.41) is 19.6. The molecule has 5 rings (SSSR count). The normalized spacial score (nSPS) is 22.1. The van der Waals surface area contributed by atoms with E-state index in [1.807, 2.05) is 24.3 Å². The molecule has 3 atom stereocenters. The second-order valence-electron chi connectivity index (χ2n) is 7.61. The molecule has 1 aliphatic carbocycles. The summed E-state index contributed by atoms with van der Waals surface area (Å²) in [5.41, 5.74) is 1.97. The second kappa shape index (κ2) is 7.84. The summed E-state index contributed by atoms with van der Waals surface area (Å²) in [6, 6.07) is 14.0. The van der Waals surface area contributed by atoms with Gasteiger partial charge in [-0.3, -0.25) is 14.9 Å². The summed E-state index contributed by atoms with van der Waals surface area (Å²) in [7, 11) is 0. The molecule has 3 heterocycles. The number of fused-ring (bicyclic) bond motifs is 2. The third-order valence-electron chi connectivity index (χ3n) is 5.86. The van der Waals surface area contributed by atoms with Gasteiger partial charge in [0.05, 0.1) is 17.8 Å². The summed E-state index contributed by atoms with van der Waals surface area (Å²) >= 11 is 1.63. The Bertz CT molecular complexity index is 1110. The Kier molecular flexibility index (Phi) is 4.89. The zero-order valence-corrected chi connectivity index (χ0v) is 17.0. The van der Waals surface area contributed by atoms with Gasteiger partial charge in [-0.05, 0) is 43.0 Å². The number of amides is 1. The first-order chi connectivity index (χ1) is 14.7. The van der Waals surface area contributed by atoms with Gasteiger partial charge in [0.2, 0.25) is 0 Å². The van der Waals surface area contributed by atoms with Crippen molar-refractivity contribution in [3.63, 3.8) is 0 Å². The number of benzene rings is 1. The van der Waals surface area contributed by atoms with Crippen LogP contribution in [-0.4, -0.2) is 44.6 Å². The molecule has 7 nitrogen and oxygen atoms in total. The summed E-state index contributed by atoms with van der Waals surface area (Å²) in [6.45, 7) is 0.732. The molecular weight excluding hydrogens is 396 g/mol. The van der Waals surface area contributed by atoms with Crippen LogP contribution >= 0.6 is 11.8 Å². The van der Waals surface area contributed by atoms with Gasteiger partial charge in [-0.1, -0.05) is 30.0 Å². The molecule has 2 fully saturated rings. The molecule has 2 aromatic heterocycles. The second-order valence-corrected chi connectivity index (χ2v) is 8.73. The van der Waals surface area contributed by atoms with Crippen LogP contribution in [0, 0.1) is 17.4 Å². The lowest BCUT2D eigenvalue weighted by Crippen LogP contribution is -2.42. The summed E-state index contributed by atoms with van der Waals surface area (Å²) < 4.78 is 0. The van der Waals surface area contributed by atoms with E-state index in [1.54, 1.807) is 35.1 Å². The molecule has 0 spiro atoms. The lowest BCUT2D eigenvalue weighted by atomic mass is 10.1. The predicted octanol–water partition coefficient (Wildman–Crippen LogP) is 3.30. The van der Waals surface area contributed by atoms with Gasteiger partial charge in [-0.2, -0.15) is 10.4 Å². The van der Waals surface area contributed by atoms with Crippen molar-refractivity contribution in [3.05, 3.63) is 60.6 Å². The minimum atomic E-state index is -0.184. The van der Waals surface area contributed by atoms with Crippen molar-refractivity contribution < 1.29 is 4.79 Å². The zero-order valence-electron chi connectivity index (χ0n) is 16.2. The number of hydrogen-bond donors (Lipinski definition) is 2.